The van der Waals surface area contributed by atoms with Gasteiger partial charge in [0.2, 0.25) is 0 Å². The maximum absolute atomic E-state index is 10.5. The number of carbonyl (C=O) groups is 1. The fourth-order valence-electron chi connectivity index (χ4n) is 0.799. The Balaban J connectivity index is 2.95. The zero-order chi connectivity index (χ0) is 11.4. The van der Waals surface area contributed by atoms with Gasteiger partial charge in [-0.3, -0.25) is 4.79 Å². The normalized spacial score (nSPS) is 10.3. The Morgan fingerprint density at radius 3 is 2.07 bits per heavy atom. The molecule has 6 nitrogen and oxygen atoms in total. The molecule has 15 heavy (non-hydrogen) atoms. The average molecular weight is 221 g/mol. The monoisotopic (exact) mass is 221 g/mol. The van der Waals surface area contributed by atoms with Gasteiger partial charge in [0, 0.05) is 6.61 Å². The lowest BCUT2D eigenvalue weighted by Gasteiger charge is -2.05. The highest BCUT2D eigenvalue weighted by molar-refractivity contribution is 5.68. The maximum Gasteiger partial charge on any atom is 0.326 e. The summed E-state index contributed by atoms with van der Waals surface area (Å²) in [5.74, 6) is 4.16. The van der Waals surface area contributed by atoms with E-state index in [-0.39, 0.29) is 6.42 Å². The molecular weight excluding hydrogens is 202 g/mol. The number of nitrogens with two attached hydrogens (primary N) is 1. The van der Waals surface area contributed by atoms with Crippen LogP contribution in [0.25, 0.3) is 0 Å². The van der Waals surface area contributed by atoms with Gasteiger partial charge in [0.05, 0.1) is 39.5 Å². The number of hydrogen-bond acceptors (Lipinski definition) is 6. The highest BCUT2D eigenvalue weighted by Crippen LogP contribution is 1.86. The average Bonchev–Trinajstić information content (AvgIpc) is 2.26. The number of rotatable bonds is 10. The van der Waals surface area contributed by atoms with Crippen molar-refractivity contribution >= 4 is 5.97 Å². The summed E-state index contributed by atoms with van der Waals surface area (Å²) in [6.45, 7) is 5.01. The smallest absolute Gasteiger partial charge is 0.326 e. The third-order valence-electron chi connectivity index (χ3n) is 1.53. The molecule has 2 N–H and O–H groups in total. The minimum atomic E-state index is -0.479. The maximum atomic E-state index is 10.5. The summed E-state index contributed by atoms with van der Waals surface area (Å²) >= 11 is 0. The Hall–Kier alpha value is -0.690. The highest BCUT2D eigenvalue weighted by atomic mass is 16.7. The van der Waals surface area contributed by atoms with Crippen LogP contribution in [0.3, 0.4) is 0 Å². The third-order valence-corrected chi connectivity index (χ3v) is 1.53. The fraction of sp³-hybridized carbons (Fsp3) is 0.889. The lowest BCUT2D eigenvalue weighted by Crippen LogP contribution is -2.14. The zero-order valence-electron chi connectivity index (χ0n) is 9.07. The minimum absolute atomic E-state index is 0.162. The number of hydrogen-bond donors (Lipinski definition) is 1. The molecule has 0 bridgehead atoms. The first kappa shape index (κ1) is 14.3. The molecule has 0 fully saturated rings. The van der Waals surface area contributed by atoms with Crippen molar-refractivity contribution in [2.45, 2.75) is 13.3 Å². The molecule has 0 heterocycles. The molecule has 0 saturated carbocycles. The Labute approximate surface area is 89.6 Å². The third kappa shape index (κ3) is 11.2. The van der Waals surface area contributed by atoms with Gasteiger partial charge in [-0.1, -0.05) is 0 Å². The molecule has 0 atom stereocenters. The Bertz CT molecular complexity index is 153. The first-order chi connectivity index (χ1) is 7.31. The van der Waals surface area contributed by atoms with E-state index in [1.807, 2.05) is 6.92 Å². The molecule has 0 aliphatic carbocycles. The van der Waals surface area contributed by atoms with Gasteiger partial charge in [-0.05, 0) is 6.92 Å². The van der Waals surface area contributed by atoms with Crippen LogP contribution in [0.15, 0.2) is 0 Å². The van der Waals surface area contributed by atoms with Crippen LogP contribution in [-0.2, 0) is 23.8 Å². The van der Waals surface area contributed by atoms with E-state index in [1.54, 1.807) is 0 Å². The van der Waals surface area contributed by atoms with E-state index in [0.29, 0.717) is 39.6 Å². The van der Waals surface area contributed by atoms with E-state index in [1.165, 1.54) is 0 Å². The summed E-state index contributed by atoms with van der Waals surface area (Å²) in [6, 6.07) is 0. The van der Waals surface area contributed by atoms with Crippen LogP contribution < -0.4 is 5.90 Å². The van der Waals surface area contributed by atoms with Gasteiger partial charge >= 0.3 is 5.97 Å². The van der Waals surface area contributed by atoms with E-state index >= 15 is 0 Å². The molecule has 0 unspecified atom stereocenters. The molecule has 0 amide bonds. The van der Waals surface area contributed by atoms with Crippen LogP contribution in [-0.4, -0.2) is 45.6 Å². The quantitative estimate of drug-likeness (QED) is 0.408. The summed E-state index contributed by atoms with van der Waals surface area (Å²) in [6.07, 6.45) is 0.162. The lowest BCUT2D eigenvalue weighted by atomic mass is 10.5. The predicted octanol–water partition coefficient (Wildman–Crippen LogP) is -0.137. The van der Waals surface area contributed by atoms with Gasteiger partial charge in [-0.25, -0.2) is 0 Å². The van der Waals surface area contributed by atoms with Gasteiger partial charge in [0.25, 0.3) is 0 Å². The Morgan fingerprint density at radius 1 is 1.00 bits per heavy atom. The van der Waals surface area contributed by atoms with Crippen LogP contribution in [0.5, 0.6) is 0 Å². The second kappa shape index (κ2) is 11.4. The van der Waals surface area contributed by atoms with Crippen molar-refractivity contribution in [2.24, 2.45) is 5.90 Å². The van der Waals surface area contributed by atoms with Crippen molar-refractivity contribution in [1.29, 1.82) is 0 Å². The molecule has 0 aliphatic heterocycles. The van der Waals surface area contributed by atoms with Crippen molar-refractivity contribution in [1.82, 2.24) is 0 Å². The van der Waals surface area contributed by atoms with E-state index < -0.39 is 5.97 Å². The molecule has 0 aliphatic rings. The topological polar surface area (TPSA) is 80.0 Å². The SMILES string of the molecule is CCOCCOCCOCCC(=O)ON. The van der Waals surface area contributed by atoms with Gasteiger partial charge < -0.3 is 19.0 Å². The highest BCUT2D eigenvalue weighted by Gasteiger charge is 1.99. The molecule has 0 aromatic heterocycles. The minimum Gasteiger partial charge on any atom is -0.379 e. The van der Waals surface area contributed by atoms with Crippen LogP contribution in [0, 0.1) is 0 Å². The summed E-state index contributed by atoms with van der Waals surface area (Å²) in [5.41, 5.74) is 0. The van der Waals surface area contributed by atoms with Gasteiger partial charge in [-0.15, -0.1) is 0 Å². The van der Waals surface area contributed by atoms with Crippen molar-refractivity contribution < 1.29 is 23.8 Å². The molecule has 0 spiro atoms. The van der Waals surface area contributed by atoms with Crippen molar-refractivity contribution in [2.75, 3.05) is 39.6 Å². The summed E-state index contributed by atoms with van der Waals surface area (Å²) in [7, 11) is 0. The largest absolute Gasteiger partial charge is 0.379 e. The first-order valence-electron chi connectivity index (χ1n) is 4.94. The Morgan fingerprint density at radius 2 is 1.53 bits per heavy atom. The van der Waals surface area contributed by atoms with Crippen LogP contribution in [0.1, 0.15) is 13.3 Å². The molecule has 90 valence electrons. The lowest BCUT2D eigenvalue weighted by molar-refractivity contribution is -0.145. The summed E-state index contributed by atoms with van der Waals surface area (Å²) in [5, 5.41) is 0. The van der Waals surface area contributed by atoms with E-state index in [4.69, 9.17) is 14.2 Å². The standard InChI is InChI=1S/C9H19NO5/c1-2-12-5-6-14-8-7-13-4-3-9(11)15-10/h2-8,10H2,1H3. The summed E-state index contributed by atoms with van der Waals surface area (Å²) in [4.78, 5) is 14.5. The predicted molar refractivity (Wildman–Crippen MR) is 53.0 cm³/mol. The molecule has 0 aromatic carbocycles. The number of carbonyl (C=O) groups excluding carboxylic acids is 1. The molecule has 0 aromatic rings. The molecule has 0 radical (unpaired) electrons. The molecule has 0 rings (SSSR count). The molecular formula is C9H19NO5. The van der Waals surface area contributed by atoms with Crippen LogP contribution >= 0.6 is 0 Å². The van der Waals surface area contributed by atoms with Crippen molar-refractivity contribution in [3.8, 4) is 0 Å². The van der Waals surface area contributed by atoms with Crippen LogP contribution in [0.4, 0.5) is 0 Å². The molecule has 0 saturated heterocycles. The van der Waals surface area contributed by atoms with Crippen LogP contribution in [0.2, 0.25) is 0 Å². The van der Waals surface area contributed by atoms with E-state index in [0.717, 1.165) is 0 Å². The zero-order valence-corrected chi connectivity index (χ0v) is 9.07. The second-order valence-electron chi connectivity index (χ2n) is 2.66. The van der Waals surface area contributed by atoms with Gasteiger partial charge in [0.15, 0.2) is 0 Å². The van der Waals surface area contributed by atoms with Crippen molar-refractivity contribution in [3.63, 3.8) is 0 Å². The van der Waals surface area contributed by atoms with Gasteiger partial charge in [-0.2, -0.15) is 5.90 Å². The van der Waals surface area contributed by atoms with Gasteiger partial charge in [0.1, 0.15) is 0 Å². The summed E-state index contributed by atoms with van der Waals surface area (Å²) < 4.78 is 15.3. The van der Waals surface area contributed by atoms with Crippen molar-refractivity contribution in [3.05, 3.63) is 0 Å². The number of ether oxygens (including phenoxy) is 3. The molecule has 6 heteroatoms. The first-order valence-corrected chi connectivity index (χ1v) is 4.94. The Kier molecular flexibility index (Phi) is 10.9. The van der Waals surface area contributed by atoms with E-state index in [9.17, 15) is 4.79 Å². The van der Waals surface area contributed by atoms with E-state index in [2.05, 4.69) is 10.7 Å². The second-order valence-corrected chi connectivity index (χ2v) is 2.66. The fourth-order valence-corrected chi connectivity index (χ4v) is 0.799.